The Hall–Kier alpha value is -3.30. The van der Waals surface area contributed by atoms with Crippen LogP contribution in [0.15, 0.2) is 53.5 Å². The van der Waals surface area contributed by atoms with Crippen LogP contribution in [0.25, 0.3) is 10.6 Å². The normalized spacial score (nSPS) is 18.5. The van der Waals surface area contributed by atoms with Gasteiger partial charge in [0.05, 0.1) is 12.1 Å². The summed E-state index contributed by atoms with van der Waals surface area (Å²) in [5.74, 6) is -0.258. The van der Waals surface area contributed by atoms with Gasteiger partial charge in [-0.25, -0.2) is 4.68 Å². The molecule has 0 unspecified atom stereocenters. The van der Waals surface area contributed by atoms with Crippen molar-refractivity contribution in [2.45, 2.75) is 51.7 Å². The number of aliphatic hydroxyl groups is 1. The molecule has 9 heteroatoms. The molecular weight excluding hydrogens is 450 g/mol. The van der Waals surface area contributed by atoms with Gasteiger partial charge in [0.1, 0.15) is 5.01 Å². The molecule has 1 heterocycles. The van der Waals surface area contributed by atoms with Gasteiger partial charge in [0.25, 0.3) is 0 Å². The molecule has 3 aromatic rings. The van der Waals surface area contributed by atoms with Crippen molar-refractivity contribution >= 4 is 40.2 Å². The molecule has 0 bridgehead atoms. The number of amides is 2. The van der Waals surface area contributed by atoms with Gasteiger partial charge in [0.15, 0.2) is 0 Å². The second kappa shape index (κ2) is 10.3. The zero-order valence-electron chi connectivity index (χ0n) is 19.6. The molecule has 1 aliphatic carbocycles. The van der Waals surface area contributed by atoms with E-state index >= 15 is 0 Å². The van der Waals surface area contributed by atoms with E-state index in [-0.39, 0.29) is 24.0 Å². The van der Waals surface area contributed by atoms with E-state index in [4.69, 9.17) is 4.99 Å². The van der Waals surface area contributed by atoms with Crippen LogP contribution in [0.2, 0.25) is 0 Å². The third kappa shape index (κ3) is 5.60. The van der Waals surface area contributed by atoms with Crippen molar-refractivity contribution in [3.8, 4) is 10.6 Å². The van der Waals surface area contributed by atoms with Crippen LogP contribution in [0, 0.1) is 0 Å². The number of hydrogen-bond donors (Lipinski definition) is 2. The molecule has 2 N–H and O–H groups in total. The molecule has 4 rings (SSSR count). The first kappa shape index (κ1) is 23.8. The summed E-state index contributed by atoms with van der Waals surface area (Å²) in [4.78, 5) is 31.0. The number of aliphatic hydroxyl groups excluding tert-OH is 1. The fourth-order valence-electron chi connectivity index (χ4n) is 4.15. The van der Waals surface area contributed by atoms with E-state index in [1.165, 1.54) is 25.2 Å². The molecule has 1 fully saturated rings. The van der Waals surface area contributed by atoms with E-state index in [0.29, 0.717) is 17.8 Å². The zero-order valence-corrected chi connectivity index (χ0v) is 20.4. The molecule has 1 aliphatic rings. The van der Waals surface area contributed by atoms with E-state index in [0.717, 1.165) is 40.3 Å². The maximum absolute atomic E-state index is 12.4. The Labute approximate surface area is 202 Å². The highest BCUT2D eigenvalue weighted by Crippen LogP contribution is 2.30. The Kier molecular flexibility index (Phi) is 7.23. The molecule has 178 valence electrons. The molecule has 0 aliphatic heterocycles. The van der Waals surface area contributed by atoms with Gasteiger partial charge in [0.2, 0.25) is 16.6 Å². The molecule has 2 amide bonds. The molecule has 0 saturated heterocycles. The minimum atomic E-state index is -0.265. The van der Waals surface area contributed by atoms with Gasteiger partial charge >= 0.3 is 0 Å². The molecule has 34 heavy (non-hydrogen) atoms. The summed E-state index contributed by atoms with van der Waals surface area (Å²) in [6.07, 6.45) is 3.28. The van der Waals surface area contributed by atoms with Crippen LogP contribution in [0.1, 0.15) is 39.5 Å². The smallest absolute Gasteiger partial charge is 0.228 e. The van der Waals surface area contributed by atoms with Gasteiger partial charge in [-0.1, -0.05) is 11.3 Å². The van der Waals surface area contributed by atoms with E-state index < -0.39 is 0 Å². The molecule has 0 spiro atoms. The van der Waals surface area contributed by atoms with Crippen LogP contribution in [0.4, 0.5) is 17.1 Å². The quantitative estimate of drug-likeness (QED) is 0.578. The van der Waals surface area contributed by atoms with E-state index in [1.54, 1.807) is 33.8 Å². The largest absolute Gasteiger partial charge is 0.393 e. The molecule has 0 radical (unpaired) electrons. The highest BCUT2D eigenvalue weighted by molar-refractivity contribution is 7.12. The fraction of sp³-hybridized carbons (Fsp3) is 0.360. The fourth-order valence-corrected chi connectivity index (χ4v) is 5.12. The van der Waals surface area contributed by atoms with Crippen LogP contribution in [-0.4, -0.2) is 38.8 Å². The van der Waals surface area contributed by atoms with E-state index in [2.05, 4.69) is 10.4 Å². The number of benzene rings is 2. The van der Waals surface area contributed by atoms with Crippen molar-refractivity contribution in [3.05, 3.63) is 53.3 Å². The number of aryl methyl sites for hydroxylation is 1. The van der Waals surface area contributed by atoms with Crippen molar-refractivity contribution in [2.24, 2.45) is 12.0 Å². The molecule has 8 nitrogen and oxygen atoms in total. The molecule has 1 saturated carbocycles. The predicted octanol–water partition coefficient (Wildman–Crippen LogP) is 4.00. The maximum Gasteiger partial charge on any atom is 0.228 e. The number of carbonyl (C=O) groups excluding carboxylic acids is 2. The monoisotopic (exact) mass is 479 g/mol. The number of hydrogen-bond acceptors (Lipinski definition) is 6. The Morgan fingerprint density at radius 3 is 2.32 bits per heavy atom. The minimum absolute atomic E-state index is 0.114. The van der Waals surface area contributed by atoms with Crippen LogP contribution in [-0.2, 0) is 16.6 Å². The van der Waals surface area contributed by atoms with Crippen molar-refractivity contribution in [1.29, 1.82) is 0 Å². The first-order valence-corrected chi connectivity index (χ1v) is 12.2. The summed E-state index contributed by atoms with van der Waals surface area (Å²) in [7, 11) is 1.88. The lowest BCUT2D eigenvalue weighted by atomic mass is 9.94. The Balaban J connectivity index is 1.56. The summed E-state index contributed by atoms with van der Waals surface area (Å²) in [5, 5.41) is 18.1. The number of nitrogens with zero attached hydrogens (tertiary/aromatic N) is 4. The van der Waals surface area contributed by atoms with Crippen LogP contribution >= 0.6 is 11.3 Å². The number of rotatable bonds is 5. The predicted molar refractivity (Wildman–Crippen MR) is 134 cm³/mol. The lowest BCUT2D eigenvalue weighted by Gasteiger charge is -2.22. The van der Waals surface area contributed by atoms with Gasteiger partial charge in [0, 0.05) is 43.5 Å². The topological polar surface area (TPSA) is 99.8 Å². The zero-order chi connectivity index (χ0) is 24.2. The van der Waals surface area contributed by atoms with E-state index in [1.807, 2.05) is 31.3 Å². The first-order valence-electron chi connectivity index (χ1n) is 11.3. The summed E-state index contributed by atoms with van der Waals surface area (Å²) in [6, 6.07) is 15.0. The third-order valence-electron chi connectivity index (χ3n) is 5.75. The highest BCUT2D eigenvalue weighted by Gasteiger charge is 2.20. The van der Waals surface area contributed by atoms with E-state index in [9.17, 15) is 14.7 Å². The van der Waals surface area contributed by atoms with Crippen LogP contribution in [0.5, 0.6) is 0 Å². The van der Waals surface area contributed by atoms with Crippen LogP contribution < -0.4 is 15.0 Å². The number of aromatic nitrogens is 2. The average molecular weight is 480 g/mol. The van der Waals surface area contributed by atoms with Crippen molar-refractivity contribution in [2.75, 3.05) is 10.2 Å². The van der Waals surface area contributed by atoms with Crippen molar-refractivity contribution < 1.29 is 14.7 Å². The SMILES string of the molecule is CC(=O)Nc1ccc(N(C(C)=O)c2ccc(-c3nn(C)c(=N[C@@H]4CCC[C@@H](O)C4)s3)cc2)cc1. The minimum Gasteiger partial charge on any atom is -0.393 e. The number of anilines is 3. The van der Waals surface area contributed by atoms with Gasteiger partial charge in [-0.3, -0.25) is 19.5 Å². The Bertz CT molecular complexity index is 1230. The summed E-state index contributed by atoms with van der Waals surface area (Å²) in [5.41, 5.74) is 3.07. The van der Waals surface area contributed by atoms with Crippen molar-refractivity contribution in [1.82, 2.24) is 9.78 Å². The average Bonchev–Trinajstić information content (AvgIpc) is 3.15. The maximum atomic E-state index is 12.4. The molecular formula is C25H29N5O3S. The lowest BCUT2D eigenvalue weighted by Crippen LogP contribution is -2.25. The summed E-state index contributed by atoms with van der Waals surface area (Å²) >= 11 is 1.52. The standard InChI is InChI=1S/C25H29N5O3S/c1-16(31)26-19-9-13-22(14-10-19)30(17(2)32)21-11-7-18(8-12-21)24-28-29(3)25(34-24)27-20-5-4-6-23(33)15-20/h7-14,20,23,33H,4-6,15H2,1-3H3,(H,26,31)/t20-,23-/m1/s1. The third-order valence-corrected chi connectivity index (χ3v) is 6.81. The lowest BCUT2D eigenvalue weighted by molar-refractivity contribution is -0.116. The molecule has 1 aromatic heterocycles. The van der Waals surface area contributed by atoms with Crippen molar-refractivity contribution in [3.63, 3.8) is 0 Å². The highest BCUT2D eigenvalue weighted by atomic mass is 32.1. The second-order valence-electron chi connectivity index (χ2n) is 8.55. The number of nitrogens with one attached hydrogen (secondary N) is 1. The Morgan fingerprint density at radius 2 is 1.74 bits per heavy atom. The van der Waals surface area contributed by atoms with Gasteiger partial charge in [-0.05, 0) is 74.2 Å². The van der Waals surface area contributed by atoms with Crippen LogP contribution in [0.3, 0.4) is 0 Å². The molecule has 2 aromatic carbocycles. The Morgan fingerprint density at radius 1 is 1.09 bits per heavy atom. The second-order valence-corrected chi connectivity index (χ2v) is 9.50. The summed E-state index contributed by atoms with van der Waals surface area (Å²) in [6.45, 7) is 2.98. The summed E-state index contributed by atoms with van der Waals surface area (Å²) < 4.78 is 1.79. The van der Waals surface area contributed by atoms with Gasteiger partial charge in [-0.15, -0.1) is 0 Å². The number of carbonyl (C=O) groups is 2. The van der Waals surface area contributed by atoms with Gasteiger partial charge in [-0.2, -0.15) is 5.10 Å². The van der Waals surface area contributed by atoms with Gasteiger partial charge < -0.3 is 10.4 Å². The first-order chi connectivity index (χ1) is 16.3. The molecule has 2 atom stereocenters.